The SMILES string of the molecule is OC(CNC1Cc2ccccc2C1)c1ccsc1. The van der Waals surface area contributed by atoms with Crippen molar-refractivity contribution in [2.24, 2.45) is 0 Å². The van der Waals surface area contributed by atoms with Crippen molar-refractivity contribution in [3.05, 3.63) is 57.8 Å². The summed E-state index contributed by atoms with van der Waals surface area (Å²) < 4.78 is 0. The largest absolute Gasteiger partial charge is 0.387 e. The first-order valence-corrected chi connectivity index (χ1v) is 7.27. The molecule has 0 fully saturated rings. The first-order chi connectivity index (χ1) is 8.83. The smallest absolute Gasteiger partial charge is 0.0922 e. The Kier molecular flexibility index (Phi) is 3.46. The van der Waals surface area contributed by atoms with Crippen LogP contribution in [0.1, 0.15) is 22.8 Å². The molecule has 0 bridgehead atoms. The van der Waals surface area contributed by atoms with Crippen LogP contribution in [0, 0.1) is 0 Å². The van der Waals surface area contributed by atoms with Crippen LogP contribution in [0.25, 0.3) is 0 Å². The molecule has 1 aliphatic rings. The van der Waals surface area contributed by atoms with Gasteiger partial charge in [-0.25, -0.2) is 0 Å². The van der Waals surface area contributed by atoms with E-state index in [9.17, 15) is 5.11 Å². The minimum absolute atomic E-state index is 0.389. The fourth-order valence-corrected chi connectivity index (χ4v) is 3.27. The Morgan fingerprint density at radius 2 is 1.94 bits per heavy atom. The van der Waals surface area contributed by atoms with Crippen LogP contribution in [0.2, 0.25) is 0 Å². The van der Waals surface area contributed by atoms with Crippen LogP contribution < -0.4 is 5.32 Å². The highest BCUT2D eigenvalue weighted by Gasteiger charge is 2.21. The van der Waals surface area contributed by atoms with Gasteiger partial charge in [0.25, 0.3) is 0 Å². The van der Waals surface area contributed by atoms with Crippen LogP contribution in [0.15, 0.2) is 41.1 Å². The Bertz CT molecular complexity index is 484. The van der Waals surface area contributed by atoms with Gasteiger partial charge in [0.2, 0.25) is 0 Å². The first kappa shape index (κ1) is 11.9. The molecule has 0 saturated heterocycles. The van der Waals surface area contributed by atoms with Gasteiger partial charge in [0.15, 0.2) is 0 Å². The molecule has 0 amide bonds. The van der Waals surface area contributed by atoms with Gasteiger partial charge in [0.05, 0.1) is 6.10 Å². The number of aliphatic hydroxyl groups excluding tert-OH is 1. The van der Waals surface area contributed by atoms with Gasteiger partial charge in [0.1, 0.15) is 0 Å². The average Bonchev–Trinajstić information content (AvgIpc) is 3.04. The van der Waals surface area contributed by atoms with Crippen molar-refractivity contribution in [3.8, 4) is 0 Å². The number of benzene rings is 1. The lowest BCUT2D eigenvalue weighted by molar-refractivity contribution is 0.170. The van der Waals surface area contributed by atoms with Gasteiger partial charge in [-0.3, -0.25) is 0 Å². The number of rotatable bonds is 4. The van der Waals surface area contributed by atoms with E-state index in [1.807, 2.05) is 16.8 Å². The zero-order valence-electron chi connectivity index (χ0n) is 10.2. The first-order valence-electron chi connectivity index (χ1n) is 6.33. The van der Waals surface area contributed by atoms with Crippen LogP contribution in [-0.4, -0.2) is 17.7 Å². The molecule has 18 heavy (non-hydrogen) atoms. The zero-order chi connectivity index (χ0) is 12.4. The highest BCUT2D eigenvalue weighted by molar-refractivity contribution is 7.07. The minimum atomic E-state index is -0.389. The van der Waals surface area contributed by atoms with E-state index in [0.717, 1.165) is 18.4 Å². The fourth-order valence-electron chi connectivity index (χ4n) is 2.56. The molecule has 1 aromatic carbocycles. The summed E-state index contributed by atoms with van der Waals surface area (Å²) in [6.45, 7) is 0.634. The van der Waals surface area contributed by atoms with Gasteiger partial charge in [-0.2, -0.15) is 11.3 Å². The van der Waals surface area contributed by atoms with E-state index in [-0.39, 0.29) is 6.10 Å². The Morgan fingerprint density at radius 1 is 1.22 bits per heavy atom. The van der Waals surface area contributed by atoms with Crippen molar-refractivity contribution < 1.29 is 5.11 Å². The fraction of sp³-hybridized carbons (Fsp3) is 0.333. The Hall–Kier alpha value is -1.16. The maximum Gasteiger partial charge on any atom is 0.0922 e. The topological polar surface area (TPSA) is 32.3 Å². The van der Waals surface area contributed by atoms with Gasteiger partial charge in [-0.05, 0) is 46.4 Å². The molecule has 2 nitrogen and oxygen atoms in total. The predicted molar refractivity (Wildman–Crippen MR) is 74.9 cm³/mol. The molecule has 0 radical (unpaired) electrons. The Balaban J connectivity index is 1.54. The van der Waals surface area contributed by atoms with Gasteiger partial charge in [-0.15, -0.1) is 0 Å². The number of hydrogen-bond donors (Lipinski definition) is 2. The maximum atomic E-state index is 10.0. The molecule has 1 heterocycles. The quantitative estimate of drug-likeness (QED) is 0.884. The lowest BCUT2D eigenvalue weighted by Gasteiger charge is -2.15. The molecule has 1 aromatic heterocycles. The Labute approximate surface area is 111 Å². The van der Waals surface area contributed by atoms with E-state index < -0.39 is 0 Å². The van der Waals surface area contributed by atoms with Crippen molar-refractivity contribution in [1.29, 1.82) is 0 Å². The molecule has 1 unspecified atom stereocenters. The summed E-state index contributed by atoms with van der Waals surface area (Å²) in [5.74, 6) is 0. The summed E-state index contributed by atoms with van der Waals surface area (Å²) in [5, 5.41) is 17.5. The van der Waals surface area contributed by atoms with Crippen molar-refractivity contribution in [1.82, 2.24) is 5.32 Å². The van der Waals surface area contributed by atoms with Gasteiger partial charge in [-0.1, -0.05) is 24.3 Å². The molecule has 94 valence electrons. The molecule has 0 saturated carbocycles. The van der Waals surface area contributed by atoms with E-state index >= 15 is 0 Å². The molecule has 3 heteroatoms. The van der Waals surface area contributed by atoms with Crippen LogP contribution in [0.4, 0.5) is 0 Å². The van der Waals surface area contributed by atoms with E-state index in [4.69, 9.17) is 0 Å². The average molecular weight is 259 g/mol. The van der Waals surface area contributed by atoms with Crippen molar-refractivity contribution >= 4 is 11.3 Å². The number of nitrogens with one attached hydrogen (secondary N) is 1. The van der Waals surface area contributed by atoms with E-state index in [0.29, 0.717) is 12.6 Å². The monoisotopic (exact) mass is 259 g/mol. The number of hydrogen-bond acceptors (Lipinski definition) is 3. The summed E-state index contributed by atoms with van der Waals surface area (Å²) in [7, 11) is 0. The van der Waals surface area contributed by atoms with E-state index in [1.54, 1.807) is 11.3 Å². The van der Waals surface area contributed by atoms with Crippen molar-refractivity contribution in [2.75, 3.05) is 6.54 Å². The second-order valence-electron chi connectivity index (χ2n) is 4.85. The van der Waals surface area contributed by atoms with Crippen molar-refractivity contribution in [2.45, 2.75) is 25.0 Å². The van der Waals surface area contributed by atoms with Crippen LogP contribution >= 0.6 is 11.3 Å². The molecule has 0 spiro atoms. The van der Waals surface area contributed by atoms with Gasteiger partial charge < -0.3 is 10.4 Å². The third kappa shape index (κ3) is 2.48. The number of thiophene rings is 1. The minimum Gasteiger partial charge on any atom is -0.387 e. The second-order valence-corrected chi connectivity index (χ2v) is 5.63. The van der Waals surface area contributed by atoms with Crippen LogP contribution in [0.3, 0.4) is 0 Å². The Morgan fingerprint density at radius 3 is 2.56 bits per heavy atom. The summed E-state index contributed by atoms with van der Waals surface area (Å²) in [6.07, 6.45) is 1.76. The summed E-state index contributed by atoms with van der Waals surface area (Å²) >= 11 is 1.63. The second kappa shape index (κ2) is 5.22. The van der Waals surface area contributed by atoms with Crippen LogP contribution in [0.5, 0.6) is 0 Å². The highest BCUT2D eigenvalue weighted by atomic mass is 32.1. The summed E-state index contributed by atoms with van der Waals surface area (Å²) in [4.78, 5) is 0. The third-order valence-corrected chi connectivity index (χ3v) is 4.28. The van der Waals surface area contributed by atoms with Crippen LogP contribution in [-0.2, 0) is 12.8 Å². The van der Waals surface area contributed by atoms with E-state index in [1.165, 1.54) is 11.1 Å². The lowest BCUT2D eigenvalue weighted by atomic mass is 10.1. The third-order valence-electron chi connectivity index (χ3n) is 3.58. The molecule has 2 aromatic rings. The molecule has 1 atom stereocenters. The summed E-state index contributed by atoms with van der Waals surface area (Å²) in [6, 6.07) is 11.1. The highest BCUT2D eigenvalue weighted by Crippen LogP contribution is 2.22. The zero-order valence-corrected chi connectivity index (χ0v) is 11.0. The lowest BCUT2D eigenvalue weighted by Crippen LogP contribution is -2.33. The molecule has 3 rings (SSSR count). The molecule has 2 N–H and O–H groups in total. The van der Waals surface area contributed by atoms with Crippen molar-refractivity contribution in [3.63, 3.8) is 0 Å². The van der Waals surface area contributed by atoms with Gasteiger partial charge >= 0.3 is 0 Å². The predicted octanol–water partition coefficient (Wildman–Crippen LogP) is 2.54. The summed E-state index contributed by atoms with van der Waals surface area (Å²) in [5.41, 5.74) is 3.91. The van der Waals surface area contributed by atoms with Gasteiger partial charge in [0, 0.05) is 12.6 Å². The normalized spacial score (nSPS) is 16.7. The standard InChI is InChI=1S/C15H17NOS/c17-15(13-5-6-18-10-13)9-16-14-7-11-3-1-2-4-12(11)8-14/h1-6,10,14-17H,7-9H2. The molecular formula is C15H17NOS. The van der Waals surface area contributed by atoms with E-state index in [2.05, 4.69) is 29.6 Å². The maximum absolute atomic E-state index is 10.0. The number of fused-ring (bicyclic) bond motifs is 1. The molecular weight excluding hydrogens is 242 g/mol. The molecule has 1 aliphatic carbocycles. The molecule has 0 aliphatic heterocycles. The number of aliphatic hydroxyl groups is 1.